The summed E-state index contributed by atoms with van der Waals surface area (Å²) in [6.07, 6.45) is 0.354. The van der Waals surface area contributed by atoms with Gasteiger partial charge in [-0.2, -0.15) is 4.98 Å². The van der Waals surface area contributed by atoms with Crippen LogP contribution < -0.4 is 11.4 Å². The number of nitrogen functional groups attached to an aromatic ring is 1. The largest absolute Gasteiger partial charge is 0.393 e. The third-order valence-electron chi connectivity index (χ3n) is 2.13. The number of hydrogen-bond donors (Lipinski definition) is 2. The van der Waals surface area contributed by atoms with E-state index in [1.807, 2.05) is 0 Å². The molecule has 0 aliphatic carbocycles. The Labute approximate surface area is 94.2 Å². The molecule has 0 bridgehead atoms. The normalized spacial score (nSPS) is 24.9. The SMILES string of the molecule is Nc1nc(=O)n([C@H]2CS[C@@H](CO)O2)cc1F. The standard InChI is InChI=1S/C8H10FN3O3S/c9-4-1-12(8(14)11-7(4)10)5-3-16-6(2-13)15-5/h1,5-6,13H,2-3H2,(H2,10,11,14)/t5-,6+/m1/s1. The first-order valence-electron chi connectivity index (χ1n) is 4.54. The van der Waals surface area contributed by atoms with Gasteiger partial charge in [-0.3, -0.25) is 4.57 Å². The van der Waals surface area contributed by atoms with Crippen molar-refractivity contribution >= 4 is 17.6 Å². The molecular weight excluding hydrogens is 237 g/mol. The van der Waals surface area contributed by atoms with Gasteiger partial charge in [0.05, 0.1) is 12.8 Å². The maximum Gasteiger partial charge on any atom is 0.351 e. The number of anilines is 1. The molecule has 8 heteroatoms. The van der Waals surface area contributed by atoms with Crippen LogP contribution in [-0.2, 0) is 4.74 Å². The number of aliphatic hydroxyl groups excluding tert-OH is 1. The van der Waals surface area contributed by atoms with Crippen molar-refractivity contribution in [1.29, 1.82) is 0 Å². The van der Waals surface area contributed by atoms with Crippen molar-refractivity contribution < 1.29 is 14.2 Å². The van der Waals surface area contributed by atoms with Gasteiger partial charge in [0.15, 0.2) is 11.6 Å². The number of ether oxygens (including phenoxy) is 1. The number of thioether (sulfide) groups is 1. The van der Waals surface area contributed by atoms with Gasteiger partial charge in [0.1, 0.15) is 11.7 Å². The maximum absolute atomic E-state index is 13.1. The predicted octanol–water partition coefficient (Wildman–Crippen LogP) is -0.455. The molecular formula is C8H10FN3O3S. The van der Waals surface area contributed by atoms with Gasteiger partial charge in [-0.25, -0.2) is 9.18 Å². The summed E-state index contributed by atoms with van der Waals surface area (Å²) in [5, 5.41) is 8.86. The Bertz CT molecular complexity index is 453. The Hall–Kier alpha value is -1.12. The summed E-state index contributed by atoms with van der Waals surface area (Å²) in [7, 11) is 0. The Kier molecular flexibility index (Phi) is 3.13. The van der Waals surface area contributed by atoms with E-state index in [1.165, 1.54) is 11.8 Å². The fourth-order valence-electron chi connectivity index (χ4n) is 1.35. The van der Waals surface area contributed by atoms with Crippen LogP contribution in [0.2, 0.25) is 0 Å². The number of halogens is 1. The zero-order chi connectivity index (χ0) is 11.7. The van der Waals surface area contributed by atoms with Crippen molar-refractivity contribution in [3.63, 3.8) is 0 Å². The monoisotopic (exact) mass is 247 g/mol. The lowest BCUT2D eigenvalue weighted by molar-refractivity contribution is -0.00677. The first-order chi connectivity index (χ1) is 7.61. The summed E-state index contributed by atoms with van der Waals surface area (Å²) < 4.78 is 19.5. The van der Waals surface area contributed by atoms with Crippen LogP contribution in [0.4, 0.5) is 10.2 Å². The van der Waals surface area contributed by atoms with E-state index in [4.69, 9.17) is 15.6 Å². The molecule has 1 aliphatic rings. The second kappa shape index (κ2) is 4.40. The number of hydrogen-bond acceptors (Lipinski definition) is 6. The topological polar surface area (TPSA) is 90.4 Å². The van der Waals surface area contributed by atoms with Crippen molar-refractivity contribution in [2.24, 2.45) is 0 Å². The molecule has 2 heterocycles. The van der Waals surface area contributed by atoms with Gasteiger partial charge < -0.3 is 15.6 Å². The minimum Gasteiger partial charge on any atom is -0.393 e. The lowest BCUT2D eigenvalue weighted by Crippen LogP contribution is -2.29. The van der Waals surface area contributed by atoms with E-state index in [0.717, 1.165) is 10.8 Å². The first-order valence-corrected chi connectivity index (χ1v) is 5.58. The van der Waals surface area contributed by atoms with E-state index in [-0.39, 0.29) is 6.61 Å². The van der Waals surface area contributed by atoms with E-state index in [9.17, 15) is 9.18 Å². The number of nitrogens with zero attached hydrogens (tertiary/aromatic N) is 2. The average Bonchev–Trinajstić information content (AvgIpc) is 2.71. The summed E-state index contributed by atoms with van der Waals surface area (Å²) >= 11 is 1.35. The molecule has 16 heavy (non-hydrogen) atoms. The molecule has 2 atom stereocenters. The fraction of sp³-hybridized carbons (Fsp3) is 0.500. The quantitative estimate of drug-likeness (QED) is 0.735. The molecule has 0 spiro atoms. The van der Waals surface area contributed by atoms with Crippen molar-refractivity contribution in [1.82, 2.24) is 9.55 Å². The predicted molar refractivity (Wildman–Crippen MR) is 56.3 cm³/mol. The van der Waals surface area contributed by atoms with Crippen LogP contribution >= 0.6 is 11.8 Å². The summed E-state index contributed by atoms with van der Waals surface area (Å²) in [5.74, 6) is -0.734. The van der Waals surface area contributed by atoms with Crippen LogP contribution in [0.5, 0.6) is 0 Å². The van der Waals surface area contributed by atoms with Gasteiger partial charge in [0, 0.05) is 5.75 Å². The molecule has 6 nitrogen and oxygen atoms in total. The Morgan fingerprint density at radius 2 is 2.56 bits per heavy atom. The molecule has 0 radical (unpaired) electrons. The average molecular weight is 247 g/mol. The summed E-state index contributed by atoms with van der Waals surface area (Å²) in [4.78, 5) is 14.8. The van der Waals surface area contributed by atoms with Crippen molar-refractivity contribution in [2.45, 2.75) is 11.7 Å². The van der Waals surface area contributed by atoms with Gasteiger partial charge in [0.25, 0.3) is 0 Å². The highest BCUT2D eigenvalue weighted by Crippen LogP contribution is 2.30. The molecule has 1 fully saturated rings. The smallest absolute Gasteiger partial charge is 0.351 e. The summed E-state index contributed by atoms with van der Waals surface area (Å²) in [6.45, 7) is -0.152. The van der Waals surface area contributed by atoms with Crippen molar-refractivity contribution in [2.75, 3.05) is 18.1 Å². The van der Waals surface area contributed by atoms with Crippen LogP contribution in [0.1, 0.15) is 6.23 Å². The fourth-order valence-corrected chi connectivity index (χ4v) is 2.28. The van der Waals surface area contributed by atoms with E-state index in [2.05, 4.69) is 4.98 Å². The molecule has 1 saturated heterocycles. The maximum atomic E-state index is 13.1. The van der Waals surface area contributed by atoms with Crippen LogP contribution in [0.15, 0.2) is 11.0 Å². The Morgan fingerprint density at radius 1 is 1.81 bits per heavy atom. The van der Waals surface area contributed by atoms with Crippen LogP contribution in [0.3, 0.4) is 0 Å². The van der Waals surface area contributed by atoms with Crippen LogP contribution in [0.25, 0.3) is 0 Å². The van der Waals surface area contributed by atoms with Gasteiger partial charge >= 0.3 is 5.69 Å². The minimum atomic E-state index is -0.763. The highest BCUT2D eigenvalue weighted by molar-refractivity contribution is 8.00. The molecule has 0 unspecified atom stereocenters. The highest BCUT2D eigenvalue weighted by Gasteiger charge is 2.27. The zero-order valence-corrected chi connectivity index (χ0v) is 8.98. The third-order valence-corrected chi connectivity index (χ3v) is 3.24. The second-order valence-corrected chi connectivity index (χ2v) is 4.39. The van der Waals surface area contributed by atoms with Gasteiger partial charge in [-0.05, 0) is 0 Å². The number of aliphatic hydroxyl groups is 1. The van der Waals surface area contributed by atoms with E-state index >= 15 is 0 Å². The summed E-state index contributed by atoms with van der Waals surface area (Å²) in [6, 6.07) is 0. The molecule has 0 aromatic carbocycles. The number of nitrogens with two attached hydrogens (primary N) is 1. The van der Waals surface area contributed by atoms with Gasteiger partial charge in [-0.1, -0.05) is 0 Å². The molecule has 1 aromatic heterocycles. The molecule has 1 aromatic rings. The second-order valence-electron chi connectivity index (χ2n) is 3.20. The number of aromatic nitrogens is 2. The van der Waals surface area contributed by atoms with Crippen molar-refractivity contribution in [3.8, 4) is 0 Å². The highest BCUT2D eigenvalue weighted by atomic mass is 32.2. The minimum absolute atomic E-state index is 0.152. The van der Waals surface area contributed by atoms with Crippen molar-refractivity contribution in [3.05, 3.63) is 22.5 Å². The van der Waals surface area contributed by atoms with E-state index in [1.54, 1.807) is 0 Å². The van der Waals surface area contributed by atoms with E-state index < -0.39 is 29.0 Å². The lowest BCUT2D eigenvalue weighted by Gasteiger charge is -2.13. The Morgan fingerprint density at radius 3 is 3.19 bits per heavy atom. The molecule has 2 rings (SSSR count). The molecule has 0 saturated carbocycles. The third kappa shape index (κ3) is 2.04. The first kappa shape index (κ1) is 11.4. The molecule has 0 amide bonds. The molecule has 1 aliphatic heterocycles. The summed E-state index contributed by atoms with van der Waals surface area (Å²) in [5.41, 5.74) is 4.10. The Balaban J connectivity index is 2.28. The number of rotatable bonds is 2. The zero-order valence-electron chi connectivity index (χ0n) is 8.17. The van der Waals surface area contributed by atoms with Gasteiger partial charge in [0.2, 0.25) is 0 Å². The van der Waals surface area contributed by atoms with Crippen LogP contribution in [0, 0.1) is 5.82 Å². The molecule has 3 N–H and O–H groups in total. The van der Waals surface area contributed by atoms with E-state index in [0.29, 0.717) is 5.75 Å². The lowest BCUT2D eigenvalue weighted by atomic mass is 10.5. The van der Waals surface area contributed by atoms with Gasteiger partial charge in [-0.15, -0.1) is 11.8 Å². The van der Waals surface area contributed by atoms with Crippen LogP contribution in [-0.4, -0.2) is 32.5 Å². The molecule has 88 valence electrons.